The Morgan fingerprint density at radius 3 is 2.13 bits per heavy atom. The first-order chi connectivity index (χ1) is 7.17. The molecule has 0 spiro atoms. The Balaban J connectivity index is 2.45. The first kappa shape index (κ1) is 13.1. The van der Waals surface area contributed by atoms with Crippen molar-refractivity contribution in [3.05, 3.63) is 0 Å². The lowest BCUT2D eigenvalue weighted by molar-refractivity contribution is 0.105. The quantitative estimate of drug-likeness (QED) is 0.568. The molecule has 1 rings (SSSR count). The van der Waals surface area contributed by atoms with Crippen LogP contribution in [-0.2, 0) is 0 Å². The lowest BCUT2D eigenvalue weighted by Crippen LogP contribution is -2.29. The van der Waals surface area contributed by atoms with E-state index in [1.807, 2.05) is 0 Å². The molecule has 0 aromatic carbocycles. The van der Waals surface area contributed by atoms with Gasteiger partial charge in [-0.25, -0.2) is 0 Å². The van der Waals surface area contributed by atoms with Crippen LogP contribution < -0.4 is 0 Å². The van der Waals surface area contributed by atoms with Gasteiger partial charge in [0, 0.05) is 0 Å². The second-order valence-electron chi connectivity index (χ2n) is 5.83. The number of hydrogen-bond donors (Lipinski definition) is 0. The molecule has 1 unspecified atom stereocenters. The van der Waals surface area contributed by atoms with Crippen molar-refractivity contribution in [2.75, 3.05) is 0 Å². The molecule has 1 atom stereocenters. The molecule has 0 heterocycles. The summed E-state index contributed by atoms with van der Waals surface area (Å²) in [7, 11) is 0. The van der Waals surface area contributed by atoms with Crippen LogP contribution in [0.1, 0.15) is 79.1 Å². The smallest absolute Gasteiger partial charge is 0.0300 e. The summed E-state index contributed by atoms with van der Waals surface area (Å²) in [6.45, 7) is 9.54. The van der Waals surface area contributed by atoms with Crippen molar-refractivity contribution in [2.45, 2.75) is 79.1 Å². The highest BCUT2D eigenvalue weighted by Crippen LogP contribution is 2.46. The maximum atomic E-state index is 2.45. The van der Waals surface area contributed by atoms with Crippen LogP contribution in [0.2, 0.25) is 0 Å². The van der Waals surface area contributed by atoms with E-state index >= 15 is 0 Å². The van der Waals surface area contributed by atoms with Crippen LogP contribution in [0.15, 0.2) is 0 Å². The molecule has 0 heteroatoms. The lowest BCUT2D eigenvalue weighted by atomic mass is 9.64. The monoisotopic (exact) mass is 210 g/mol. The van der Waals surface area contributed by atoms with Crippen molar-refractivity contribution in [2.24, 2.45) is 17.3 Å². The molecule has 0 aromatic rings. The Morgan fingerprint density at radius 2 is 1.73 bits per heavy atom. The molecule has 1 aliphatic rings. The maximum absolute atomic E-state index is 2.45. The predicted molar refractivity (Wildman–Crippen MR) is 69.0 cm³/mol. The summed E-state index contributed by atoms with van der Waals surface area (Å²) in [5.41, 5.74) is 0.735. The van der Waals surface area contributed by atoms with Gasteiger partial charge in [-0.15, -0.1) is 0 Å². The molecule has 0 amide bonds. The summed E-state index contributed by atoms with van der Waals surface area (Å²) < 4.78 is 0. The fourth-order valence-corrected chi connectivity index (χ4v) is 3.47. The van der Waals surface area contributed by atoms with E-state index in [1.165, 1.54) is 51.4 Å². The summed E-state index contributed by atoms with van der Waals surface area (Å²) in [5.74, 6) is 1.99. The van der Waals surface area contributed by atoms with E-state index in [-0.39, 0.29) is 0 Å². The molecular weight excluding hydrogens is 180 g/mol. The third-order valence-electron chi connectivity index (χ3n) is 5.07. The van der Waals surface area contributed by atoms with Crippen LogP contribution in [0.4, 0.5) is 0 Å². The molecule has 0 aromatic heterocycles. The minimum absolute atomic E-state index is 0.735. The molecule has 0 N–H and O–H groups in total. The van der Waals surface area contributed by atoms with Gasteiger partial charge in [0.25, 0.3) is 0 Å². The van der Waals surface area contributed by atoms with Crippen LogP contribution in [0.3, 0.4) is 0 Å². The molecule has 0 bridgehead atoms. The van der Waals surface area contributed by atoms with Crippen molar-refractivity contribution in [3.63, 3.8) is 0 Å². The normalized spacial score (nSPS) is 34.0. The fourth-order valence-electron chi connectivity index (χ4n) is 3.47. The van der Waals surface area contributed by atoms with E-state index in [0.717, 1.165) is 17.3 Å². The SMILES string of the molecule is CCCC1(CC)CCC(C(C)CC)CC1. The summed E-state index contributed by atoms with van der Waals surface area (Å²) in [6, 6.07) is 0. The van der Waals surface area contributed by atoms with E-state index in [2.05, 4.69) is 27.7 Å². The molecule has 1 saturated carbocycles. The zero-order valence-corrected chi connectivity index (χ0v) is 11.3. The predicted octanol–water partition coefficient (Wildman–Crippen LogP) is 5.42. The van der Waals surface area contributed by atoms with Gasteiger partial charge >= 0.3 is 0 Å². The fraction of sp³-hybridized carbons (Fsp3) is 1.00. The van der Waals surface area contributed by atoms with Crippen molar-refractivity contribution in [3.8, 4) is 0 Å². The van der Waals surface area contributed by atoms with E-state index in [9.17, 15) is 0 Å². The van der Waals surface area contributed by atoms with Gasteiger partial charge < -0.3 is 0 Å². The Bertz CT molecular complexity index is 163. The summed E-state index contributed by atoms with van der Waals surface area (Å²) in [6.07, 6.45) is 11.6. The maximum Gasteiger partial charge on any atom is -0.0300 e. The van der Waals surface area contributed by atoms with Crippen LogP contribution >= 0.6 is 0 Å². The Kier molecular flexibility index (Phi) is 5.15. The van der Waals surface area contributed by atoms with Gasteiger partial charge in [-0.05, 0) is 49.4 Å². The van der Waals surface area contributed by atoms with Crippen molar-refractivity contribution in [1.29, 1.82) is 0 Å². The molecule has 0 radical (unpaired) electrons. The third kappa shape index (κ3) is 3.23. The van der Waals surface area contributed by atoms with E-state index < -0.39 is 0 Å². The van der Waals surface area contributed by atoms with E-state index in [4.69, 9.17) is 0 Å². The minimum atomic E-state index is 0.735. The van der Waals surface area contributed by atoms with Crippen LogP contribution in [0.25, 0.3) is 0 Å². The highest BCUT2D eigenvalue weighted by molar-refractivity contribution is 4.85. The molecule has 0 nitrogen and oxygen atoms in total. The van der Waals surface area contributed by atoms with Gasteiger partial charge in [-0.3, -0.25) is 0 Å². The van der Waals surface area contributed by atoms with Gasteiger partial charge in [0.1, 0.15) is 0 Å². The number of hydrogen-bond acceptors (Lipinski definition) is 0. The van der Waals surface area contributed by atoms with E-state index in [0.29, 0.717) is 0 Å². The van der Waals surface area contributed by atoms with Crippen molar-refractivity contribution in [1.82, 2.24) is 0 Å². The highest BCUT2D eigenvalue weighted by atomic mass is 14.4. The highest BCUT2D eigenvalue weighted by Gasteiger charge is 2.33. The molecule has 15 heavy (non-hydrogen) atoms. The third-order valence-corrected chi connectivity index (χ3v) is 5.07. The molecule has 0 saturated heterocycles. The first-order valence-electron chi connectivity index (χ1n) is 7.17. The Hall–Kier alpha value is 0. The Labute approximate surface area is 96.8 Å². The molecule has 90 valence electrons. The second kappa shape index (κ2) is 5.92. The Morgan fingerprint density at radius 1 is 1.13 bits per heavy atom. The van der Waals surface area contributed by atoms with E-state index in [1.54, 1.807) is 0 Å². The van der Waals surface area contributed by atoms with Gasteiger partial charge in [-0.2, -0.15) is 0 Å². The summed E-state index contributed by atoms with van der Waals surface area (Å²) in [4.78, 5) is 0. The van der Waals surface area contributed by atoms with Gasteiger partial charge in [0.15, 0.2) is 0 Å². The van der Waals surface area contributed by atoms with Crippen LogP contribution in [-0.4, -0.2) is 0 Å². The van der Waals surface area contributed by atoms with Gasteiger partial charge in [-0.1, -0.05) is 47.0 Å². The molecule has 0 aliphatic heterocycles. The zero-order valence-electron chi connectivity index (χ0n) is 11.3. The average Bonchev–Trinajstić information content (AvgIpc) is 2.29. The average molecular weight is 210 g/mol. The molecular formula is C15H30. The minimum Gasteiger partial charge on any atom is -0.0654 e. The van der Waals surface area contributed by atoms with Gasteiger partial charge in [0.05, 0.1) is 0 Å². The van der Waals surface area contributed by atoms with Crippen molar-refractivity contribution < 1.29 is 0 Å². The van der Waals surface area contributed by atoms with Gasteiger partial charge in [0.2, 0.25) is 0 Å². The van der Waals surface area contributed by atoms with Crippen LogP contribution in [0.5, 0.6) is 0 Å². The first-order valence-corrected chi connectivity index (χ1v) is 7.17. The molecule has 1 fully saturated rings. The van der Waals surface area contributed by atoms with Crippen molar-refractivity contribution >= 4 is 0 Å². The zero-order chi connectivity index (χ0) is 11.3. The standard InChI is InChI=1S/C15H30/c1-5-10-15(7-3)11-8-14(9-12-15)13(4)6-2/h13-14H,5-12H2,1-4H3. The largest absolute Gasteiger partial charge is 0.0654 e. The summed E-state index contributed by atoms with van der Waals surface area (Å²) >= 11 is 0. The summed E-state index contributed by atoms with van der Waals surface area (Å²) in [5, 5.41) is 0. The molecule has 1 aliphatic carbocycles. The van der Waals surface area contributed by atoms with Crippen LogP contribution in [0, 0.1) is 17.3 Å². The second-order valence-corrected chi connectivity index (χ2v) is 5.83. The lowest BCUT2D eigenvalue weighted by Gasteiger charge is -2.41. The number of rotatable bonds is 5. The topological polar surface area (TPSA) is 0 Å².